The van der Waals surface area contributed by atoms with Gasteiger partial charge in [-0.3, -0.25) is 0 Å². The molecule has 1 N–H and O–H groups in total. The van der Waals surface area contributed by atoms with Gasteiger partial charge < -0.3 is 9.84 Å². The van der Waals surface area contributed by atoms with E-state index >= 15 is 0 Å². The van der Waals surface area contributed by atoms with Crippen LogP contribution in [0.4, 0.5) is 0 Å². The minimum atomic E-state index is -1.07. The highest BCUT2D eigenvalue weighted by Crippen LogP contribution is 2.14. The number of ether oxygens (including phenoxy) is 1. The van der Waals surface area contributed by atoms with E-state index in [0.29, 0.717) is 11.5 Å². The second-order valence-electron chi connectivity index (χ2n) is 4.20. The molecular weight excluding hydrogens is 244 g/mol. The topological polar surface area (TPSA) is 72.3 Å². The molecule has 0 fully saturated rings. The van der Waals surface area contributed by atoms with E-state index in [1.54, 1.807) is 6.92 Å². The van der Waals surface area contributed by atoms with Gasteiger partial charge in [-0.15, -0.1) is 0 Å². The Kier molecular flexibility index (Phi) is 3.75. The Hall–Kier alpha value is -2.43. The Morgan fingerprint density at radius 2 is 2.05 bits per heavy atom. The van der Waals surface area contributed by atoms with E-state index in [1.165, 1.54) is 6.07 Å². The van der Waals surface area contributed by atoms with Gasteiger partial charge in [0.15, 0.2) is 5.69 Å². The minimum absolute atomic E-state index is 0.0182. The number of aryl methyl sites for hydroxylation is 2. The summed E-state index contributed by atoms with van der Waals surface area (Å²) < 4.78 is 5.58. The van der Waals surface area contributed by atoms with Gasteiger partial charge in [0.25, 0.3) is 0 Å². The van der Waals surface area contributed by atoms with Gasteiger partial charge in [0.1, 0.15) is 18.2 Å². The first-order valence-corrected chi connectivity index (χ1v) is 5.82. The fraction of sp³-hybridized carbons (Fsp3) is 0.214. The van der Waals surface area contributed by atoms with Crippen LogP contribution in [0.5, 0.6) is 5.75 Å². The average Bonchev–Trinajstić information content (AvgIpc) is 2.36. The summed E-state index contributed by atoms with van der Waals surface area (Å²) in [5, 5.41) is 8.92. The van der Waals surface area contributed by atoms with Gasteiger partial charge in [-0.1, -0.05) is 12.1 Å². The standard InChI is InChI=1S/C14H14N2O3/c1-9-4-3-5-12(6-9)19-8-11-7-13(14(17)18)16-10(2)15-11/h3-7H,8H2,1-2H3,(H,17,18). The van der Waals surface area contributed by atoms with Crippen molar-refractivity contribution in [1.29, 1.82) is 0 Å². The first-order chi connectivity index (χ1) is 9.04. The van der Waals surface area contributed by atoms with Crippen LogP contribution in [0.15, 0.2) is 30.3 Å². The van der Waals surface area contributed by atoms with Crippen LogP contribution >= 0.6 is 0 Å². The van der Waals surface area contributed by atoms with Crippen LogP contribution < -0.4 is 4.74 Å². The molecule has 98 valence electrons. The fourth-order valence-corrected chi connectivity index (χ4v) is 1.68. The van der Waals surface area contributed by atoms with Gasteiger partial charge >= 0.3 is 5.97 Å². The van der Waals surface area contributed by atoms with Crippen LogP contribution in [0, 0.1) is 13.8 Å². The second-order valence-corrected chi connectivity index (χ2v) is 4.20. The number of hydrogen-bond acceptors (Lipinski definition) is 4. The van der Waals surface area contributed by atoms with E-state index in [1.807, 2.05) is 31.2 Å². The van der Waals surface area contributed by atoms with Gasteiger partial charge in [-0.05, 0) is 37.6 Å². The van der Waals surface area contributed by atoms with Crippen LogP contribution in [-0.2, 0) is 6.61 Å². The lowest BCUT2D eigenvalue weighted by Gasteiger charge is -2.07. The lowest BCUT2D eigenvalue weighted by Crippen LogP contribution is -2.07. The third-order valence-corrected chi connectivity index (χ3v) is 2.49. The number of rotatable bonds is 4. The Morgan fingerprint density at radius 3 is 2.74 bits per heavy atom. The Labute approximate surface area is 110 Å². The maximum Gasteiger partial charge on any atom is 0.354 e. The minimum Gasteiger partial charge on any atom is -0.487 e. The summed E-state index contributed by atoms with van der Waals surface area (Å²) in [5.41, 5.74) is 1.63. The first kappa shape index (κ1) is 13.0. The molecule has 0 aliphatic rings. The summed E-state index contributed by atoms with van der Waals surface area (Å²) in [6.45, 7) is 3.85. The van der Waals surface area contributed by atoms with Gasteiger partial charge in [-0.25, -0.2) is 14.8 Å². The molecule has 0 unspecified atom stereocenters. The molecule has 1 aromatic carbocycles. The zero-order chi connectivity index (χ0) is 13.8. The molecule has 2 rings (SSSR count). The normalized spacial score (nSPS) is 10.2. The first-order valence-electron chi connectivity index (χ1n) is 5.82. The molecule has 0 atom stereocenters. The zero-order valence-electron chi connectivity index (χ0n) is 10.8. The lowest BCUT2D eigenvalue weighted by atomic mass is 10.2. The van der Waals surface area contributed by atoms with Crippen LogP contribution in [0.3, 0.4) is 0 Å². The van der Waals surface area contributed by atoms with Crippen LogP contribution in [0.25, 0.3) is 0 Å². The fourth-order valence-electron chi connectivity index (χ4n) is 1.68. The van der Waals surface area contributed by atoms with E-state index in [4.69, 9.17) is 9.84 Å². The molecule has 5 nitrogen and oxygen atoms in total. The average molecular weight is 258 g/mol. The van der Waals surface area contributed by atoms with Crippen molar-refractivity contribution in [2.45, 2.75) is 20.5 Å². The summed E-state index contributed by atoms with van der Waals surface area (Å²) in [7, 11) is 0. The highest BCUT2D eigenvalue weighted by Gasteiger charge is 2.08. The van der Waals surface area contributed by atoms with Crippen molar-refractivity contribution in [1.82, 2.24) is 9.97 Å². The number of carboxylic acids is 1. The molecule has 19 heavy (non-hydrogen) atoms. The van der Waals surface area contributed by atoms with E-state index in [0.717, 1.165) is 11.3 Å². The highest BCUT2D eigenvalue weighted by atomic mass is 16.5. The van der Waals surface area contributed by atoms with E-state index in [-0.39, 0.29) is 12.3 Å². The molecule has 2 aromatic rings. The summed E-state index contributed by atoms with van der Waals surface area (Å²) in [5.74, 6) is 0.0817. The Bertz CT molecular complexity index is 611. The Morgan fingerprint density at radius 1 is 1.26 bits per heavy atom. The van der Waals surface area contributed by atoms with Crippen LogP contribution in [0.1, 0.15) is 27.6 Å². The highest BCUT2D eigenvalue weighted by molar-refractivity contribution is 5.85. The maximum absolute atomic E-state index is 10.9. The van der Waals surface area contributed by atoms with Gasteiger partial charge in [0.05, 0.1) is 5.69 Å². The summed E-state index contributed by atoms with van der Waals surface area (Å²) >= 11 is 0. The van der Waals surface area contributed by atoms with Crippen LogP contribution in [0.2, 0.25) is 0 Å². The monoisotopic (exact) mass is 258 g/mol. The lowest BCUT2D eigenvalue weighted by molar-refractivity contribution is 0.0689. The molecule has 1 heterocycles. The van der Waals surface area contributed by atoms with Gasteiger partial charge in [0, 0.05) is 0 Å². The van der Waals surface area contributed by atoms with Gasteiger partial charge in [0.2, 0.25) is 0 Å². The summed E-state index contributed by atoms with van der Waals surface area (Å²) in [4.78, 5) is 18.9. The van der Waals surface area contributed by atoms with Crippen molar-refractivity contribution in [2.24, 2.45) is 0 Å². The van der Waals surface area contributed by atoms with Crippen molar-refractivity contribution in [2.75, 3.05) is 0 Å². The molecule has 0 amide bonds. The predicted octanol–water partition coefficient (Wildman–Crippen LogP) is 2.37. The van der Waals surface area contributed by atoms with Gasteiger partial charge in [-0.2, -0.15) is 0 Å². The van der Waals surface area contributed by atoms with Crippen molar-refractivity contribution >= 4 is 5.97 Å². The van der Waals surface area contributed by atoms with Crippen molar-refractivity contribution < 1.29 is 14.6 Å². The molecule has 0 bridgehead atoms. The molecule has 5 heteroatoms. The molecule has 0 radical (unpaired) electrons. The van der Waals surface area contributed by atoms with E-state index < -0.39 is 5.97 Å². The quantitative estimate of drug-likeness (QED) is 0.911. The molecule has 0 aliphatic heterocycles. The molecule has 0 saturated heterocycles. The zero-order valence-corrected chi connectivity index (χ0v) is 10.8. The molecular formula is C14H14N2O3. The number of aromatic nitrogens is 2. The third kappa shape index (κ3) is 3.51. The number of hydrogen-bond donors (Lipinski definition) is 1. The molecule has 0 saturated carbocycles. The van der Waals surface area contributed by atoms with Crippen molar-refractivity contribution in [3.05, 3.63) is 53.1 Å². The van der Waals surface area contributed by atoms with Crippen molar-refractivity contribution in [3.8, 4) is 5.75 Å². The Balaban J connectivity index is 2.13. The largest absolute Gasteiger partial charge is 0.487 e. The number of benzene rings is 1. The smallest absolute Gasteiger partial charge is 0.354 e. The SMILES string of the molecule is Cc1cccc(OCc2cc(C(=O)O)nc(C)n2)c1. The number of carbonyl (C=O) groups is 1. The molecule has 0 spiro atoms. The van der Waals surface area contributed by atoms with E-state index in [9.17, 15) is 4.79 Å². The number of carboxylic acid groups (broad SMARTS) is 1. The summed E-state index contributed by atoms with van der Waals surface area (Å²) in [6, 6.07) is 9.05. The molecule has 0 aliphatic carbocycles. The number of aromatic carboxylic acids is 1. The maximum atomic E-state index is 10.9. The van der Waals surface area contributed by atoms with Crippen molar-refractivity contribution in [3.63, 3.8) is 0 Å². The second kappa shape index (κ2) is 5.48. The molecule has 1 aromatic heterocycles. The third-order valence-electron chi connectivity index (χ3n) is 2.49. The number of nitrogens with zero attached hydrogens (tertiary/aromatic N) is 2. The predicted molar refractivity (Wildman–Crippen MR) is 69.2 cm³/mol. The summed E-state index contributed by atoms with van der Waals surface area (Å²) in [6.07, 6.45) is 0. The van der Waals surface area contributed by atoms with E-state index in [2.05, 4.69) is 9.97 Å². The van der Waals surface area contributed by atoms with Crippen LogP contribution in [-0.4, -0.2) is 21.0 Å².